The Morgan fingerprint density at radius 3 is 2.59 bits per heavy atom. The Bertz CT molecular complexity index is 674. The first-order valence-electron chi connectivity index (χ1n) is 6.53. The van der Waals surface area contributed by atoms with E-state index in [0.717, 1.165) is 9.13 Å². The van der Waals surface area contributed by atoms with Crippen molar-refractivity contribution in [2.45, 2.75) is 0 Å². The van der Waals surface area contributed by atoms with Crippen LogP contribution in [0.15, 0.2) is 53.6 Å². The monoisotopic (exact) mass is 410 g/mol. The van der Waals surface area contributed by atoms with Gasteiger partial charge in [-0.05, 0) is 40.8 Å². The van der Waals surface area contributed by atoms with Crippen LogP contribution in [0.1, 0.15) is 5.56 Å². The van der Waals surface area contributed by atoms with Gasteiger partial charge in [0.25, 0.3) is 5.91 Å². The van der Waals surface area contributed by atoms with Crippen molar-refractivity contribution in [3.63, 3.8) is 0 Å². The molecule has 1 amide bonds. The van der Waals surface area contributed by atoms with E-state index in [-0.39, 0.29) is 12.5 Å². The molecule has 0 heterocycles. The summed E-state index contributed by atoms with van der Waals surface area (Å²) in [4.78, 5) is 11.7. The topological polar surface area (TPSA) is 59.9 Å². The van der Waals surface area contributed by atoms with Gasteiger partial charge in [-0.1, -0.05) is 30.3 Å². The number of carbonyl (C=O) groups is 1. The Morgan fingerprint density at radius 1 is 1.18 bits per heavy atom. The van der Waals surface area contributed by atoms with Crippen LogP contribution in [0.25, 0.3) is 0 Å². The van der Waals surface area contributed by atoms with E-state index < -0.39 is 0 Å². The van der Waals surface area contributed by atoms with Crippen molar-refractivity contribution in [1.29, 1.82) is 0 Å². The normalized spacial score (nSPS) is 10.5. The molecule has 2 aromatic carbocycles. The van der Waals surface area contributed by atoms with Crippen LogP contribution in [0.5, 0.6) is 11.5 Å². The number of nitrogens with one attached hydrogen (secondary N) is 1. The van der Waals surface area contributed by atoms with Crippen LogP contribution in [0.3, 0.4) is 0 Å². The summed E-state index contributed by atoms with van der Waals surface area (Å²) < 4.78 is 11.6. The second kappa shape index (κ2) is 8.38. The summed E-state index contributed by atoms with van der Waals surface area (Å²) in [5.74, 6) is 0.757. The van der Waals surface area contributed by atoms with Crippen LogP contribution in [0.2, 0.25) is 0 Å². The summed E-state index contributed by atoms with van der Waals surface area (Å²) in [6.07, 6.45) is 1.60. The van der Waals surface area contributed by atoms with Gasteiger partial charge in [0.05, 0.1) is 13.3 Å². The van der Waals surface area contributed by atoms with Gasteiger partial charge in [-0.25, -0.2) is 5.43 Å². The molecule has 6 heteroatoms. The molecule has 0 saturated carbocycles. The summed E-state index contributed by atoms with van der Waals surface area (Å²) in [7, 11) is 1.55. The van der Waals surface area contributed by atoms with Crippen molar-refractivity contribution in [3.05, 3.63) is 57.7 Å². The van der Waals surface area contributed by atoms with Crippen molar-refractivity contribution >= 4 is 34.7 Å². The smallest absolute Gasteiger partial charge is 0.277 e. The second-order valence-corrected chi connectivity index (χ2v) is 5.42. The number of hydrogen-bond donors (Lipinski definition) is 1. The quantitative estimate of drug-likeness (QED) is 0.453. The van der Waals surface area contributed by atoms with Gasteiger partial charge < -0.3 is 9.47 Å². The maximum atomic E-state index is 11.7. The van der Waals surface area contributed by atoms with Crippen LogP contribution < -0.4 is 14.9 Å². The highest BCUT2D eigenvalue weighted by Crippen LogP contribution is 2.25. The molecule has 0 fully saturated rings. The fourth-order valence-corrected chi connectivity index (χ4v) is 2.19. The third kappa shape index (κ3) is 4.73. The van der Waals surface area contributed by atoms with E-state index in [0.29, 0.717) is 11.5 Å². The summed E-state index contributed by atoms with van der Waals surface area (Å²) in [5.41, 5.74) is 3.37. The summed E-state index contributed by atoms with van der Waals surface area (Å²) in [5, 5.41) is 3.92. The largest absolute Gasteiger partial charge is 0.493 e. The number of rotatable bonds is 6. The number of halogens is 1. The van der Waals surface area contributed by atoms with Crippen LogP contribution in [-0.4, -0.2) is 25.8 Å². The number of hydrogen-bond acceptors (Lipinski definition) is 4. The maximum absolute atomic E-state index is 11.7. The van der Waals surface area contributed by atoms with Gasteiger partial charge in [-0.2, -0.15) is 5.10 Å². The molecule has 0 atom stereocenters. The number of amides is 1. The highest BCUT2D eigenvalue weighted by molar-refractivity contribution is 14.1. The van der Waals surface area contributed by atoms with Crippen molar-refractivity contribution in [3.8, 4) is 11.5 Å². The zero-order valence-electron chi connectivity index (χ0n) is 12.0. The molecule has 0 unspecified atom stereocenters. The van der Waals surface area contributed by atoms with Gasteiger partial charge in [0.1, 0.15) is 0 Å². The Hall–Kier alpha value is -2.09. The number of ether oxygens (including phenoxy) is 2. The van der Waals surface area contributed by atoms with Crippen LogP contribution in [0.4, 0.5) is 0 Å². The molecule has 0 aliphatic heterocycles. The van der Waals surface area contributed by atoms with E-state index in [4.69, 9.17) is 9.47 Å². The minimum atomic E-state index is -0.340. The van der Waals surface area contributed by atoms with E-state index in [1.807, 2.05) is 36.4 Å². The van der Waals surface area contributed by atoms with E-state index in [9.17, 15) is 4.79 Å². The molecule has 22 heavy (non-hydrogen) atoms. The molecule has 0 bridgehead atoms. The average Bonchev–Trinajstić information content (AvgIpc) is 2.55. The Morgan fingerprint density at radius 2 is 1.86 bits per heavy atom. The van der Waals surface area contributed by atoms with Crippen molar-refractivity contribution < 1.29 is 14.3 Å². The second-order valence-electron chi connectivity index (χ2n) is 4.25. The zero-order valence-corrected chi connectivity index (χ0v) is 14.1. The summed E-state index contributed by atoms with van der Waals surface area (Å²) >= 11 is 2.21. The van der Waals surface area contributed by atoms with Crippen LogP contribution in [-0.2, 0) is 4.79 Å². The Kier molecular flexibility index (Phi) is 6.20. The highest BCUT2D eigenvalue weighted by atomic mass is 127. The van der Waals surface area contributed by atoms with E-state index in [2.05, 4.69) is 33.1 Å². The molecular weight excluding hydrogens is 395 g/mol. The first-order valence-corrected chi connectivity index (χ1v) is 7.61. The first-order chi connectivity index (χ1) is 10.7. The molecule has 0 saturated heterocycles. The van der Waals surface area contributed by atoms with Gasteiger partial charge >= 0.3 is 0 Å². The number of para-hydroxylation sites is 2. The molecule has 0 aliphatic rings. The number of carbonyl (C=O) groups excluding carboxylic acids is 1. The third-order valence-electron chi connectivity index (χ3n) is 2.73. The van der Waals surface area contributed by atoms with Crippen molar-refractivity contribution in [2.24, 2.45) is 5.10 Å². The van der Waals surface area contributed by atoms with E-state index in [1.54, 1.807) is 25.5 Å². The SMILES string of the molecule is COc1ccccc1OCC(=O)N/N=C/c1ccccc1I. The molecule has 0 radical (unpaired) electrons. The summed E-state index contributed by atoms with van der Waals surface area (Å²) in [6, 6.07) is 14.9. The lowest BCUT2D eigenvalue weighted by Gasteiger charge is -2.09. The molecule has 2 rings (SSSR count). The predicted octanol–water partition coefficient (Wildman–Crippen LogP) is 2.83. The van der Waals surface area contributed by atoms with E-state index in [1.165, 1.54) is 0 Å². The number of benzene rings is 2. The Balaban J connectivity index is 1.85. The maximum Gasteiger partial charge on any atom is 0.277 e. The summed E-state index contributed by atoms with van der Waals surface area (Å²) in [6.45, 7) is -0.135. The van der Waals surface area contributed by atoms with Crippen molar-refractivity contribution in [2.75, 3.05) is 13.7 Å². The third-order valence-corrected chi connectivity index (χ3v) is 3.71. The van der Waals surface area contributed by atoms with Gasteiger partial charge in [-0.15, -0.1) is 0 Å². The first kappa shape index (κ1) is 16.3. The fraction of sp³-hybridized carbons (Fsp3) is 0.125. The van der Waals surface area contributed by atoms with Gasteiger partial charge in [0.15, 0.2) is 18.1 Å². The number of nitrogens with zero attached hydrogens (tertiary/aromatic N) is 1. The van der Waals surface area contributed by atoms with E-state index >= 15 is 0 Å². The minimum absolute atomic E-state index is 0.135. The van der Waals surface area contributed by atoms with Gasteiger partial charge in [0, 0.05) is 9.13 Å². The molecule has 0 aliphatic carbocycles. The minimum Gasteiger partial charge on any atom is -0.493 e. The van der Waals surface area contributed by atoms with Crippen LogP contribution >= 0.6 is 22.6 Å². The molecule has 114 valence electrons. The molecule has 0 spiro atoms. The molecule has 0 aromatic heterocycles. The predicted molar refractivity (Wildman–Crippen MR) is 93.4 cm³/mol. The lowest BCUT2D eigenvalue weighted by atomic mass is 10.2. The fourth-order valence-electron chi connectivity index (χ4n) is 1.67. The standard InChI is InChI=1S/C16H15IN2O3/c1-21-14-8-4-5-9-15(14)22-11-16(20)19-18-10-12-6-2-3-7-13(12)17/h2-10H,11H2,1H3,(H,19,20)/b18-10+. The van der Waals surface area contributed by atoms with Gasteiger partial charge in [-0.3, -0.25) is 4.79 Å². The lowest BCUT2D eigenvalue weighted by Crippen LogP contribution is -2.24. The number of methoxy groups -OCH3 is 1. The van der Waals surface area contributed by atoms with Crippen LogP contribution in [0, 0.1) is 3.57 Å². The zero-order chi connectivity index (χ0) is 15.8. The molecule has 2 aromatic rings. The van der Waals surface area contributed by atoms with Gasteiger partial charge in [0.2, 0.25) is 0 Å². The molecule has 5 nitrogen and oxygen atoms in total. The lowest BCUT2D eigenvalue weighted by molar-refractivity contribution is -0.123. The van der Waals surface area contributed by atoms with Crippen molar-refractivity contribution in [1.82, 2.24) is 5.43 Å². The number of hydrazone groups is 1. The molecule has 1 N–H and O–H groups in total. The highest BCUT2D eigenvalue weighted by Gasteiger charge is 2.05. The molecular formula is C16H15IN2O3. The Labute approximate surface area is 142 Å². The average molecular weight is 410 g/mol.